The molecule has 0 spiro atoms. The van der Waals surface area contributed by atoms with E-state index in [0.717, 1.165) is 16.6 Å². The maximum atomic E-state index is 12.8. The van der Waals surface area contributed by atoms with E-state index in [-0.39, 0.29) is 19.1 Å². The van der Waals surface area contributed by atoms with Crippen molar-refractivity contribution < 1.29 is 19.4 Å². The van der Waals surface area contributed by atoms with Gasteiger partial charge in [0.15, 0.2) is 5.16 Å². The Morgan fingerprint density at radius 3 is 2.96 bits per heavy atom. The number of hydrogen-bond acceptors (Lipinski definition) is 5. The van der Waals surface area contributed by atoms with E-state index in [1.807, 2.05) is 23.1 Å². The average molecular weight is 380 g/mol. The summed E-state index contributed by atoms with van der Waals surface area (Å²) in [6.45, 7) is 1.44. The van der Waals surface area contributed by atoms with Crippen LogP contribution in [-0.4, -0.2) is 61.8 Å². The highest BCUT2D eigenvalue weighted by Gasteiger charge is 2.56. The summed E-state index contributed by atoms with van der Waals surface area (Å²) in [5.74, 6) is -1.19. The monoisotopic (exact) mass is 380 g/mol. The second kappa shape index (κ2) is 7.48. The summed E-state index contributed by atoms with van der Waals surface area (Å²) in [5.41, 5.74) is 8.29. The second-order valence-corrected chi connectivity index (χ2v) is 9.68. The van der Waals surface area contributed by atoms with Crippen molar-refractivity contribution in [2.24, 2.45) is 5.73 Å². The van der Waals surface area contributed by atoms with Crippen LogP contribution < -0.4 is 5.73 Å². The topological polar surface area (TPSA) is 133 Å². The summed E-state index contributed by atoms with van der Waals surface area (Å²) in [6, 6.07) is 5.85. The molecule has 8 nitrogen and oxygen atoms in total. The molecule has 142 valence electrons. The molecule has 1 saturated heterocycles. The summed E-state index contributed by atoms with van der Waals surface area (Å²) >= 11 is 0. The summed E-state index contributed by atoms with van der Waals surface area (Å²) in [7, 11) is -3.79. The quantitative estimate of drug-likeness (QED) is 0.424. The van der Waals surface area contributed by atoms with Crippen LogP contribution in [0, 0.1) is 0 Å². The van der Waals surface area contributed by atoms with Gasteiger partial charge in [0, 0.05) is 25.8 Å². The lowest BCUT2D eigenvalue weighted by Crippen LogP contribution is -2.53. The van der Waals surface area contributed by atoms with Crippen LogP contribution in [0.3, 0.4) is 0 Å². The number of unbranched alkanes of at least 4 members (excludes halogenated alkanes) is 1. The fourth-order valence-electron chi connectivity index (χ4n) is 3.66. The summed E-state index contributed by atoms with van der Waals surface area (Å²) in [5, 5.41) is 8.20. The highest BCUT2D eigenvalue weighted by molar-refractivity contribution is 7.61. The Hall–Kier alpha value is -1.73. The first-order chi connectivity index (χ1) is 12.4. The van der Waals surface area contributed by atoms with E-state index in [1.54, 1.807) is 6.33 Å². The van der Waals surface area contributed by atoms with Gasteiger partial charge in [-0.1, -0.05) is 12.5 Å². The van der Waals surface area contributed by atoms with E-state index in [4.69, 9.17) is 5.73 Å². The van der Waals surface area contributed by atoms with Crippen molar-refractivity contribution in [3.8, 4) is 0 Å². The Labute approximate surface area is 151 Å². The average Bonchev–Trinajstić information content (AvgIpc) is 3.05. The van der Waals surface area contributed by atoms with Gasteiger partial charge in [0.05, 0.1) is 17.4 Å². The van der Waals surface area contributed by atoms with Crippen LogP contribution in [-0.2, 0) is 15.9 Å². The van der Waals surface area contributed by atoms with Crippen molar-refractivity contribution in [1.29, 1.82) is 0 Å². The molecule has 26 heavy (non-hydrogen) atoms. The number of nitrogens with two attached hydrogens (primary N) is 1. The maximum absolute atomic E-state index is 12.8. The third-order valence-corrected chi connectivity index (χ3v) is 7.91. The van der Waals surface area contributed by atoms with Gasteiger partial charge < -0.3 is 20.7 Å². The highest BCUT2D eigenvalue weighted by Crippen LogP contribution is 2.59. The number of aromatic nitrogens is 2. The number of H-pyrrole nitrogens is 1. The normalized spacial score (nSPS) is 27.0. The van der Waals surface area contributed by atoms with Gasteiger partial charge in [0.25, 0.3) is 0 Å². The number of nitrogens with one attached hydrogen (secondary N) is 1. The molecule has 1 aliphatic heterocycles. The molecule has 0 saturated carbocycles. The highest BCUT2D eigenvalue weighted by atomic mass is 31.2. The molecule has 9 heteroatoms. The van der Waals surface area contributed by atoms with Gasteiger partial charge >= 0.3 is 5.97 Å². The Kier molecular flexibility index (Phi) is 5.48. The smallest absolute Gasteiger partial charge is 0.320 e. The van der Waals surface area contributed by atoms with Crippen LogP contribution >= 0.6 is 7.37 Å². The van der Waals surface area contributed by atoms with Crippen LogP contribution in [0.15, 0.2) is 24.5 Å². The molecule has 1 aromatic heterocycles. The predicted octanol–water partition coefficient (Wildman–Crippen LogP) is 1.60. The van der Waals surface area contributed by atoms with Crippen molar-refractivity contribution in [3.05, 3.63) is 30.1 Å². The molecule has 2 atom stereocenters. The number of aromatic amines is 1. The van der Waals surface area contributed by atoms with Crippen molar-refractivity contribution >= 4 is 24.4 Å². The number of fused-ring (bicyclic) bond motifs is 1. The molecule has 3 rings (SSSR count). The number of rotatable bonds is 7. The van der Waals surface area contributed by atoms with Gasteiger partial charge in [0.1, 0.15) is 0 Å². The zero-order chi connectivity index (χ0) is 18.8. The molecule has 2 unspecified atom stereocenters. The molecule has 5 N–H and O–H groups in total. The molecular formula is C17H25N4O4P. The number of carboxylic acids is 1. The number of carbonyl (C=O) groups is 1. The third-order valence-electron chi connectivity index (χ3n) is 5.21. The minimum absolute atomic E-state index is 0.00737. The molecule has 0 bridgehead atoms. The molecule has 0 aliphatic carbocycles. The van der Waals surface area contributed by atoms with Gasteiger partial charge in [-0.15, -0.1) is 0 Å². The molecule has 1 fully saturated rings. The predicted molar refractivity (Wildman–Crippen MR) is 99.3 cm³/mol. The first-order valence-corrected chi connectivity index (χ1v) is 10.6. The summed E-state index contributed by atoms with van der Waals surface area (Å²) in [6.07, 6.45) is 2.96. The number of nitrogens with zero attached hydrogens (tertiary/aromatic N) is 2. The first-order valence-electron chi connectivity index (χ1n) is 8.78. The SMILES string of the molecule is NCCCCC1(C(=O)O)CN(Cc2ccc3[nH]cnc3c2)CCP1(=O)O. The van der Waals surface area contributed by atoms with Gasteiger partial charge in [-0.3, -0.25) is 14.3 Å². The van der Waals surface area contributed by atoms with E-state index in [0.29, 0.717) is 32.5 Å². The number of aliphatic carboxylic acids is 1. The lowest BCUT2D eigenvalue weighted by atomic mass is 9.99. The summed E-state index contributed by atoms with van der Waals surface area (Å²) in [4.78, 5) is 31.7. The van der Waals surface area contributed by atoms with E-state index in [9.17, 15) is 19.4 Å². The molecule has 1 aromatic carbocycles. The lowest BCUT2D eigenvalue weighted by molar-refractivity contribution is -0.141. The minimum Gasteiger partial charge on any atom is -0.480 e. The van der Waals surface area contributed by atoms with Crippen molar-refractivity contribution in [2.45, 2.75) is 31.0 Å². The van der Waals surface area contributed by atoms with E-state index >= 15 is 0 Å². The van der Waals surface area contributed by atoms with E-state index in [2.05, 4.69) is 9.97 Å². The standard InChI is InChI=1S/C17H25N4O4P/c18-6-2-1-5-17(16(22)23)11-21(7-8-26(17,24)25)10-13-3-4-14-15(9-13)20-12-19-14/h3-4,9,12H,1-2,5-8,10-11,18H2,(H,19,20)(H,22,23)(H,24,25). The Morgan fingerprint density at radius 2 is 2.23 bits per heavy atom. The number of benzene rings is 1. The second-order valence-electron chi connectivity index (χ2n) is 6.97. The largest absolute Gasteiger partial charge is 0.480 e. The van der Waals surface area contributed by atoms with Crippen molar-refractivity contribution in [1.82, 2.24) is 14.9 Å². The van der Waals surface area contributed by atoms with Crippen molar-refractivity contribution in [2.75, 3.05) is 25.8 Å². The summed E-state index contributed by atoms with van der Waals surface area (Å²) < 4.78 is 12.8. The van der Waals surface area contributed by atoms with Gasteiger partial charge in [-0.25, -0.2) is 4.98 Å². The van der Waals surface area contributed by atoms with Crippen LogP contribution in [0.4, 0.5) is 0 Å². The van der Waals surface area contributed by atoms with E-state index < -0.39 is 18.5 Å². The van der Waals surface area contributed by atoms with Crippen molar-refractivity contribution in [3.63, 3.8) is 0 Å². The number of hydrogen-bond donors (Lipinski definition) is 4. The van der Waals surface area contributed by atoms with Crippen LogP contribution in [0.1, 0.15) is 24.8 Å². The maximum Gasteiger partial charge on any atom is 0.320 e. The lowest BCUT2D eigenvalue weighted by Gasteiger charge is -2.43. The third kappa shape index (κ3) is 3.55. The fourth-order valence-corrected chi connectivity index (χ4v) is 5.87. The van der Waals surface area contributed by atoms with E-state index in [1.165, 1.54) is 0 Å². The minimum atomic E-state index is -3.79. The Morgan fingerprint density at radius 1 is 1.42 bits per heavy atom. The zero-order valence-electron chi connectivity index (χ0n) is 14.6. The van der Waals surface area contributed by atoms with Gasteiger partial charge in [-0.2, -0.15) is 0 Å². The number of carboxylic acid groups (broad SMARTS) is 1. The van der Waals surface area contributed by atoms with Crippen LogP contribution in [0.25, 0.3) is 11.0 Å². The molecule has 0 radical (unpaired) electrons. The molecule has 2 aromatic rings. The number of imidazole rings is 1. The zero-order valence-corrected chi connectivity index (χ0v) is 15.5. The van der Waals surface area contributed by atoms with Gasteiger partial charge in [0.2, 0.25) is 7.37 Å². The molecule has 1 aliphatic rings. The Balaban J connectivity index is 1.80. The van der Waals surface area contributed by atoms with Gasteiger partial charge in [-0.05, 0) is 37.1 Å². The molecular weight excluding hydrogens is 355 g/mol. The molecule has 0 amide bonds. The fraction of sp³-hybridized carbons (Fsp3) is 0.529. The van der Waals surface area contributed by atoms with Crippen LogP contribution in [0.2, 0.25) is 0 Å². The first kappa shape index (κ1) is 19.0. The Bertz CT molecular complexity index is 839. The molecule has 2 heterocycles. The van der Waals surface area contributed by atoms with Crippen LogP contribution in [0.5, 0.6) is 0 Å².